The molecule has 3 aromatic carbocycles. The van der Waals surface area contributed by atoms with Crippen molar-refractivity contribution in [2.45, 2.75) is 26.7 Å². The van der Waals surface area contributed by atoms with E-state index in [9.17, 15) is 14.0 Å². The molecule has 0 unspecified atom stereocenters. The van der Waals surface area contributed by atoms with Crippen LogP contribution in [0.4, 0.5) is 10.2 Å². The summed E-state index contributed by atoms with van der Waals surface area (Å²) in [5.74, 6) is -0.460. The number of carbonyl (C=O) groups excluding carboxylic acids is 2. The molecule has 0 radical (unpaired) electrons. The van der Waals surface area contributed by atoms with E-state index in [4.69, 9.17) is 0 Å². The molecule has 1 aromatic heterocycles. The van der Waals surface area contributed by atoms with Crippen molar-refractivity contribution in [2.75, 3.05) is 18.4 Å². The Balaban J connectivity index is 1.58. The lowest BCUT2D eigenvalue weighted by Crippen LogP contribution is -2.38. The maximum atomic E-state index is 13.5. The molecular weight excluding hydrogens is 455 g/mol. The number of hydrogen-bond acceptors (Lipinski definition) is 3. The van der Waals surface area contributed by atoms with Gasteiger partial charge in [-0.05, 0) is 54.8 Å². The SMILES string of the molecule is CCCN(CC(=O)Nc1cc(-c2ccccc2)nn1-c1ccc(F)cc1)C(=O)c1ccc(CC)cc1. The summed E-state index contributed by atoms with van der Waals surface area (Å²) in [6, 6.07) is 24.7. The lowest BCUT2D eigenvalue weighted by Gasteiger charge is -2.22. The zero-order valence-corrected chi connectivity index (χ0v) is 20.4. The van der Waals surface area contributed by atoms with E-state index >= 15 is 0 Å². The molecule has 1 N–H and O–H groups in total. The average Bonchev–Trinajstić information content (AvgIpc) is 3.32. The van der Waals surface area contributed by atoms with Gasteiger partial charge in [0.2, 0.25) is 5.91 Å². The molecule has 0 spiro atoms. The molecule has 0 saturated carbocycles. The Bertz CT molecular complexity index is 1320. The van der Waals surface area contributed by atoms with Gasteiger partial charge in [0.1, 0.15) is 18.2 Å². The van der Waals surface area contributed by atoms with Crippen LogP contribution in [0.1, 0.15) is 36.2 Å². The van der Waals surface area contributed by atoms with Crippen molar-refractivity contribution < 1.29 is 14.0 Å². The Morgan fingerprint density at radius 1 is 0.944 bits per heavy atom. The first-order valence-electron chi connectivity index (χ1n) is 12.1. The Labute approximate surface area is 210 Å². The number of aromatic nitrogens is 2. The molecule has 0 aliphatic carbocycles. The second-order valence-corrected chi connectivity index (χ2v) is 8.49. The number of rotatable bonds is 9. The Kier molecular flexibility index (Phi) is 7.90. The van der Waals surface area contributed by atoms with Crippen molar-refractivity contribution in [2.24, 2.45) is 0 Å². The maximum Gasteiger partial charge on any atom is 0.254 e. The van der Waals surface area contributed by atoms with Gasteiger partial charge in [-0.25, -0.2) is 9.07 Å². The number of amides is 2. The van der Waals surface area contributed by atoms with E-state index in [0.717, 1.165) is 24.0 Å². The Morgan fingerprint density at radius 3 is 2.28 bits per heavy atom. The third-order valence-corrected chi connectivity index (χ3v) is 5.84. The molecule has 6 nitrogen and oxygen atoms in total. The predicted molar refractivity (Wildman–Crippen MR) is 140 cm³/mol. The maximum absolute atomic E-state index is 13.5. The Hall–Kier alpha value is -4.26. The normalized spacial score (nSPS) is 10.8. The summed E-state index contributed by atoms with van der Waals surface area (Å²) >= 11 is 0. The van der Waals surface area contributed by atoms with E-state index in [2.05, 4.69) is 17.3 Å². The lowest BCUT2D eigenvalue weighted by molar-refractivity contribution is -0.116. The summed E-state index contributed by atoms with van der Waals surface area (Å²) in [5, 5.41) is 7.55. The molecule has 4 aromatic rings. The van der Waals surface area contributed by atoms with Gasteiger partial charge in [-0.1, -0.05) is 56.3 Å². The zero-order chi connectivity index (χ0) is 25.5. The van der Waals surface area contributed by atoms with Gasteiger partial charge in [-0.3, -0.25) is 9.59 Å². The molecule has 184 valence electrons. The molecule has 0 bridgehead atoms. The quantitative estimate of drug-likeness (QED) is 0.330. The fraction of sp³-hybridized carbons (Fsp3) is 0.207. The van der Waals surface area contributed by atoms with Gasteiger partial charge in [-0.15, -0.1) is 0 Å². The lowest BCUT2D eigenvalue weighted by atomic mass is 10.1. The van der Waals surface area contributed by atoms with E-state index in [1.807, 2.05) is 49.4 Å². The standard InChI is InChI=1S/C29H29FN4O2/c1-3-18-33(29(36)23-12-10-21(4-2)11-13-23)20-28(35)31-27-19-26(22-8-6-5-7-9-22)32-34(27)25-16-14-24(30)15-17-25/h5-17,19H,3-4,18,20H2,1-2H3,(H,31,35). The van der Waals surface area contributed by atoms with Crippen LogP contribution in [0.5, 0.6) is 0 Å². The van der Waals surface area contributed by atoms with Crippen LogP contribution in [0.3, 0.4) is 0 Å². The van der Waals surface area contributed by atoms with Crippen LogP contribution in [0.25, 0.3) is 16.9 Å². The molecule has 0 aliphatic rings. The average molecular weight is 485 g/mol. The number of anilines is 1. The number of benzene rings is 3. The molecule has 0 atom stereocenters. The second-order valence-electron chi connectivity index (χ2n) is 8.49. The minimum atomic E-state index is -0.361. The third kappa shape index (κ3) is 5.86. The van der Waals surface area contributed by atoms with Gasteiger partial charge in [-0.2, -0.15) is 5.10 Å². The van der Waals surface area contributed by atoms with Gasteiger partial charge in [0.05, 0.1) is 11.4 Å². The highest BCUT2D eigenvalue weighted by Gasteiger charge is 2.20. The monoisotopic (exact) mass is 484 g/mol. The smallest absolute Gasteiger partial charge is 0.254 e. The van der Waals surface area contributed by atoms with Gasteiger partial charge in [0.25, 0.3) is 5.91 Å². The van der Waals surface area contributed by atoms with Crippen LogP contribution in [0.15, 0.2) is 84.9 Å². The highest BCUT2D eigenvalue weighted by Crippen LogP contribution is 2.25. The fourth-order valence-corrected chi connectivity index (χ4v) is 3.94. The van der Waals surface area contributed by atoms with Crippen molar-refractivity contribution in [1.29, 1.82) is 0 Å². The van der Waals surface area contributed by atoms with E-state index in [1.165, 1.54) is 12.1 Å². The minimum Gasteiger partial charge on any atom is -0.329 e. The molecule has 0 aliphatic heterocycles. The molecule has 0 saturated heterocycles. The molecule has 7 heteroatoms. The molecule has 4 rings (SSSR count). The van der Waals surface area contributed by atoms with Gasteiger partial charge >= 0.3 is 0 Å². The number of halogens is 1. The summed E-state index contributed by atoms with van der Waals surface area (Å²) in [5.41, 5.74) is 3.84. The van der Waals surface area contributed by atoms with E-state index in [-0.39, 0.29) is 24.2 Å². The van der Waals surface area contributed by atoms with Crippen molar-refractivity contribution in [3.8, 4) is 16.9 Å². The summed E-state index contributed by atoms with van der Waals surface area (Å²) < 4.78 is 15.1. The van der Waals surface area contributed by atoms with Crippen LogP contribution < -0.4 is 5.32 Å². The largest absolute Gasteiger partial charge is 0.329 e. The number of hydrogen-bond donors (Lipinski definition) is 1. The van der Waals surface area contributed by atoms with Crippen molar-refractivity contribution in [3.05, 3.63) is 102 Å². The molecular formula is C29H29FN4O2. The second kappa shape index (κ2) is 11.4. The summed E-state index contributed by atoms with van der Waals surface area (Å²) in [7, 11) is 0. The molecule has 36 heavy (non-hydrogen) atoms. The van der Waals surface area contributed by atoms with Crippen LogP contribution in [0.2, 0.25) is 0 Å². The number of nitrogens with zero attached hydrogens (tertiary/aromatic N) is 3. The first-order valence-corrected chi connectivity index (χ1v) is 12.1. The van der Waals surface area contributed by atoms with Gasteiger partial charge in [0, 0.05) is 23.7 Å². The minimum absolute atomic E-state index is 0.0997. The van der Waals surface area contributed by atoms with Gasteiger partial charge < -0.3 is 10.2 Å². The summed E-state index contributed by atoms with van der Waals surface area (Å²) in [4.78, 5) is 27.8. The van der Waals surface area contributed by atoms with Crippen LogP contribution >= 0.6 is 0 Å². The van der Waals surface area contributed by atoms with Gasteiger partial charge in [0.15, 0.2) is 0 Å². The van der Waals surface area contributed by atoms with E-state index < -0.39 is 0 Å². The van der Waals surface area contributed by atoms with Crippen molar-refractivity contribution in [3.63, 3.8) is 0 Å². The first kappa shape index (κ1) is 24.9. The number of aryl methyl sites for hydroxylation is 1. The van der Waals surface area contributed by atoms with Crippen LogP contribution in [-0.4, -0.2) is 39.6 Å². The fourth-order valence-electron chi connectivity index (χ4n) is 3.94. The highest BCUT2D eigenvalue weighted by molar-refractivity contribution is 5.99. The van der Waals surface area contributed by atoms with E-state index in [0.29, 0.717) is 29.3 Å². The first-order chi connectivity index (χ1) is 17.5. The summed E-state index contributed by atoms with van der Waals surface area (Å²) in [6.07, 6.45) is 1.61. The van der Waals surface area contributed by atoms with Crippen molar-refractivity contribution >= 4 is 17.6 Å². The van der Waals surface area contributed by atoms with E-state index in [1.54, 1.807) is 39.9 Å². The van der Waals surface area contributed by atoms with Crippen LogP contribution in [-0.2, 0) is 11.2 Å². The highest BCUT2D eigenvalue weighted by atomic mass is 19.1. The Morgan fingerprint density at radius 2 is 1.64 bits per heavy atom. The third-order valence-electron chi connectivity index (χ3n) is 5.84. The predicted octanol–water partition coefficient (Wildman–Crippen LogP) is 5.73. The summed E-state index contributed by atoms with van der Waals surface area (Å²) in [6.45, 7) is 4.38. The van der Waals surface area contributed by atoms with Crippen molar-refractivity contribution in [1.82, 2.24) is 14.7 Å². The molecule has 0 fully saturated rings. The molecule has 1 heterocycles. The number of nitrogens with one attached hydrogen (secondary N) is 1. The zero-order valence-electron chi connectivity index (χ0n) is 20.4. The topological polar surface area (TPSA) is 67.2 Å². The molecule has 2 amide bonds. The van der Waals surface area contributed by atoms with Crippen LogP contribution in [0, 0.1) is 5.82 Å². The number of carbonyl (C=O) groups is 2.